The number of allylic oxidation sites excluding steroid dienone is 1. The average Bonchev–Trinajstić information content (AvgIpc) is 2.92. The number of hydrogen-bond acceptors (Lipinski definition) is 3. The van der Waals surface area contributed by atoms with Crippen molar-refractivity contribution < 1.29 is 14.9 Å². The van der Waals surface area contributed by atoms with Crippen LogP contribution in [0.1, 0.15) is 86.0 Å². The van der Waals surface area contributed by atoms with Crippen LogP contribution in [-0.2, 0) is 4.74 Å². The third-order valence-corrected chi connectivity index (χ3v) is 9.67. The molecule has 9 unspecified atom stereocenters. The summed E-state index contributed by atoms with van der Waals surface area (Å²) < 4.78 is 6.38. The molecule has 0 bridgehead atoms. The third kappa shape index (κ3) is 3.20. The van der Waals surface area contributed by atoms with Crippen molar-refractivity contribution in [2.75, 3.05) is 0 Å². The van der Waals surface area contributed by atoms with Gasteiger partial charge >= 0.3 is 0 Å². The monoisotopic (exact) mass is 390 g/mol. The van der Waals surface area contributed by atoms with Gasteiger partial charge in [0.05, 0.1) is 12.2 Å². The van der Waals surface area contributed by atoms with Crippen molar-refractivity contribution in [2.45, 2.75) is 104 Å². The summed E-state index contributed by atoms with van der Waals surface area (Å²) in [4.78, 5) is 0. The summed E-state index contributed by atoms with van der Waals surface area (Å²) in [6.07, 6.45) is 8.99. The molecule has 0 radical (unpaired) electrons. The molecule has 0 aromatic rings. The second-order valence-electron chi connectivity index (χ2n) is 11.8. The van der Waals surface area contributed by atoms with E-state index in [4.69, 9.17) is 4.74 Å². The molecule has 3 heteroatoms. The lowest BCUT2D eigenvalue weighted by Gasteiger charge is -2.63. The van der Waals surface area contributed by atoms with E-state index in [0.29, 0.717) is 40.4 Å². The third-order valence-electron chi connectivity index (χ3n) is 9.67. The van der Waals surface area contributed by atoms with Crippen LogP contribution in [0, 0.1) is 40.4 Å². The molecule has 9 atom stereocenters. The fourth-order valence-corrected chi connectivity index (χ4v) is 8.48. The maximum absolute atomic E-state index is 10.5. The van der Waals surface area contributed by atoms with Crippen LogP contribution in [0.3, 0.4) is 0 Å². The van der Waals surface area contributed by atoms with E-state index in [9.17, 15) is 10.2 Å². The Bertz CT molecular complexity index is 622. The van der Waals surface area contributed by atoms with Gasteiger partial charge in [-0.05, 0) is 113 Å². The summed E-state index contributed by atoms with van der Waals surface area (Å²) in [5, 5.41) is 20.9. The topological polar surface area (TPSA) is 49.7 Å². The number of fused-ring (bicyclic) bond motifs is 5. The molecule has 0 aliphatic heterocycles. The minimum absolute atomic E-state index is 0.0990. The highest BCUT2D eigenvalue weighted by molar-refractivity contribution is 5.16. The first kappa shape index (κ1) is 20.9. The predicted octanol–water partition coefficient (Wildman–Crippen LogP) is 5.31. The molecule has 160 valence electrons. The molecule has 0 spiro atoms. The van der Waals surface area contributed by atoms with Gasteiger partial charge in [0.15, 0.2) is 5.79 Å². The Balaban J connectivity index is 1.71. The van der Waals surface area contributed by atoms with E-state index in [1.165, 1.54) is 31.3 Å². The Morgan fingerprint density at radius 3 is 2.29 bits per heavy atom. The Morgan fingerprint density at radius 2 is 1.64 bits per heavy atom. The molecular formula is C25H42O3. The number of hydrogen-bond donors (Lipinski definition) is 2. The van der Waals surface area contributed by atoms with Crippen molar-refractivity contribution in [3.63, 3.8) is 0 Å². The van der Waals surface area contributed by atoms with Crippen LogP contribution in [-0.4, -0.2) is 28.2 Å². The Labute approximate surface area is 171 Å². The van der Waals surface area contributed by atoms with Gasteiger partial charge in [-0.1, -0.05) is 26.0 Å². The maximum Gasteiger partial charge on any atom is 0.160 e. The smallest absolute Gasteiger partial charge is 0.160 e. The van der Waals surface area contributed by atoms with E-state index in [1.807, 2.05) is 0 Å². The van der Waals surface area contributed by atoms with Gasteiger partial charge in [-0.15, -0.1) is 0 Å². The first-order valence-corrected chi connectivity index (χ1v) is 11.7. The van der Waals surface area contributed by atoms with Crippen molar-refractivity contribution >= 4 is 0 Å². The molecule has 0 amide bonds. The zero-order valence-corrected chi connectivity index (χ0v) is 18.7. The van der Waals surface area contributed by atoms with Crippen LogP contribution < -0.4 is 0 Å². The highest BCUT2D eigenvalue weighted by atomic mass is 16.6. The van der Waals surface area contributed by atoms with E-state index in [0.717, 1.165) is 25.7 Å². The second kappa shape index (κ2) is 6.82. The van der Waals surface area contributed by atoms with Crippen LogP contribution in [0.2, 0.25) is 0 Å². The zero-order valence-electron chi connectivity index (χ0n) is 18.7. The van der Waals surface area contributed by atoms with Crippen LogP contribution >= 0.6 is 0 Å². The van der Waals surface area contributed by atoms with Gasteiger partial charge in [0, 0.05) is 0 Å². The second-order valence-corrected chi connectivity index (χ2v) is 11.8. The van der Waals surface area contributed by atoms with E-state index < -0.39 is 5.79 Å². The average molecular weight is 391 g/mol. The first-order chi connectivity index (χ1) is 13.0. The molecule has 0 heterocycles. The summed E-state index contributed by atoms with van der Waals surface area (Å²) in [6.45, 7) is 15.1. The van der Waals surface area contributed by atoms with Crippen molar-refractivity contribution in [1.82, 2.24) is 0 Å². The van der Waals surface area contributed by atoms with Crippen molar-refractivity contribution in [3.05, 3.63) is 12.2 Å². The van der Waals surface area contributed by atoms with Gasteiger partial charge in [0.25, 0.3) is 0 Å². The van der Waals surface area contributed by atoms with Gasteiger partial charge in [-0.25, -0.2) is 0 Å². The molecule has 0 aromatic carbocycles. The fourth-order valence-electron chi connectivity index (χ4n) is 8.48. The maximum atomic E-state index is 10.5. The highest BCUT2D eigenvalue weighted by Gasteiger charge is 2.63. The molecule has 4 aliphatic carbocycles. The molecule has 3 nitrogen and oxygen atoms in total. The summed E-state index contributed by atoms with van der Waals surface area (Å²) in [5.74, 6) is 1.85. The van der Waals surface area contributed by atoms with Crippen molar-refractivity contribution in [2.24, 2.45) is 40.4 Å². The van der Waals surface area contributed by atoms with Crippen LogP contribution in [0.25, 0.3) is 0 Å². The van der Waals surface area contributed by atoms with Crippen molar-refractivity contribution in [3.8, 4) is 0 Å². The van der Waals surface area contributed by atoms with Crippen molar-refractivity contribution in [1.29, 1.82) is 0 Å². The van der Waals surface area contributed by atoms with E-state index >= 15 is 0 Å². The normalized spacial score (nSPS) is 51.2. The summed E-state index contributed by atoms with van der Waals surface area (Å²) in [6, 6.07) is 0. The molecule has 2 N–H and O–H groups in total. The first-order valence-electron chi connectivity index (χ1n) is 11.7. The number of ether oxygens (including phenoxy) is 1. The molecule has 0 aromatic heterocycles. The number of aliphatic hydroxyl groups is 2. The Morgan fingerprint density at radius 1 is 1.00 bits per heavy atom. The van der Waals surface area contributed by atoms with Crippen LogP contribution in [0.4, 0.5) is 0 Å². The largest absolute Gasteiger partial charge is 0.393 e. The molecule has 28 heavy (non-hydrogen) atoms. The predicted molar refractivity (Wildman–Crippen MR) is 113 cm³/mol. The number of aliphatic hydroxyl groups excluding tert-OH is 1. The summed E-state index contributed by atoms with van der Waals surface area (Å²) >= 11 is 0. The lowest BCUT2D eigenvalue weighted by Crippen LogP contribution is -2.60. The lowest BCUT2D eigenvalue weighted by atomic mass is 9.44. The molecule has 0 saturated heterocycles. The molecule has 4 saturated carbocycles. The van der Waals surface area contributed by atoms with Gasteiger partial charge in [-0.2, -0.15) is 0 Å². The minimum Gasteiger partial charge on any atom is -0.393 e. The lowest BCUT2D eigenvalue weighted by molar-refractivity contribution is -0.265. The molecule has 4 fully saturated rings. The summed E-state index contributed by atoms with van der Waals surface area (Å²) in [5.41, 5.74) is 1.99. The van der Waals surface area contributed by atoms with Gasteiger partial charge in [0.2, 0.25) is 0 Å². The van der Waals surface area contributed by atoms with Gasteiger partial charge in [0.1, 0.15) is 0 Å². The Kier molecular flexibility index (Phi) is 5.08. The molecule has 4 aliphatic rings. The van der Waals surface area contributed by atoms with E-state index in [1.54, 1.807) is 13.8 Å². The molecule has 4 rings (SSSR count). The van der Waals surface area contributed by atoms with Gasteiger partial charge in [-0.3, -0.25) is 0 Å². The van der Waals surface area contributed by atoms with E-state index in [-0.39, 0.29) is 12.2 Å². The van der Waals surface area contributed by atoms with Gasteiger partial charge < -0.3 is 14.9 Å². The fraction of sp³-hybridized carbons (Fsp3) is 0.920. The van der Waals surface area contributed by atoms with Crippen LogP contribution in [0.5, 0.6) is 0 Å². The highest BCUT2D eigenvalue weighted by Crippen LogP contribution is 2.68. The quantitative estimate of drug-likeness (QED) is 0.507. The molecular weight excluding hydrogens is 348 g/mol. The number of rotatable bonds is 3. The zero-order chi connectivity index (χ0) is 20.5. The minimum atomic E-state index is -1.10. The van der Waals surface area contributed by atoms with E-state index in [2.05, 4.69) is 27.4 Å². The Hall–Kier alpha value is -0.380. The standard InChI is InChI=1S/C25H42O3/c1-15(2)18-7-8-19-22-20(10-12-25(18,19)6)24(5)11-9-17(26)13-16(24)14-21(22)28-23(3,4)27/h16-22,26-27H,1,7-14H2,2-6H3. The SMILES string of the molecule is C=C(C)C1CCC2C3C(OC(C)(C)O)CC4CC(O)CCC4(C)C3CCC12C. The van der Waals surface area contributed by atoms with Crippen LogP contribution in [0.15, 0.2) is 12.2 Å². The summed E-state index contributed by atoms with van der Waals surface area (Å²) in [7, 11) is 0.